The molecule has 2 aromatic carbocycles. The smallest absolute Gasteiger partial charge is 0.139 e. The minimum Gasteiger partial charge on any atom is -0.508 e. The average molecular weight is 266 g/mol. The summed E-state index contributed by atoms with van der Waals surface area (Å²) in [5, 5.41) is 11.9. The van der Waals surface area contributed by atoms with Crippen molar-refractivity contribution in [2.24, 2.45) is 5.41 Å². The second kappa shape index (κ2) is 3.85. The van der Waals surface area contributed by atoms with E-state index in [1.165, 1.54) is 16.5 Å². The monoisotopic (exact) mass is 266 g/mol. The zero-order valence-corrected chi connectivity index (χ0v) is 11.6. The molecule has 0 heterocycles. The number of aromatic hydroxyl groups is 1. The molecule has 2 atom stereocenters. The van der Waals surface area contributed by atoms with Crippen LogP contribution in [0.3, 0.4) is 0 Å². The van der Waals surface area contributed by atoms with Crippen molar-refractivity contribution in [3.05, 3.63) is 41.5 Å². The summed E-state index contributed by atoms with van der Waals surface area (Å²) >= 11 is 0. The van der Waals surface area contributed by atoms with Crippen LogP contribution in [0.4, 0.5) is 0 Å². The summed E-state index contributed by atoms with van der Waals surface area (Å²) in [6, 6.07) is 9.86. The number of hydrogen-bond acceptors (Lipinski definition) is 2. The Morgan fingerprint density at radius 2 is 2.05 bits per heavy atom. The van der Waals surface area contributed by atoms with Gasteiger partial charge in [0.1, 0.15) is 11.5 Å². The lowest BCUT2D eigenvalue weighted by atomic mass is 9.66. The second-order valence-electron chi connectivity index (χ2n) is 6.47. The fraction of sp³-hybridized carbons (Fsp3) is 0.389. The number of fused-ring (bicyclic) bond motifs is 5. The number of aryl methyl sites for hydroxylation is 1. The van der Waals surface area contributed by atoms with E-state index in [4.69, 9.17) is 0 Å². The molecule has 2 nitrogen and oxygen atoms in total. The Kier molecular flexibility index (Phi) is 2.30. The van der Waals surface area contributed by atoms with Gasteiger partial charge in [0.2, 0.25) is 0 Å². The third kappa shape index (κ3) is 1.42. The predicted octanol–water partition coefficient (Wildman–Crippen LogP) is 3.94. The molecule has 2 aliphatic rings. The Bertz CT molecular complexity index is 732. The van der Waals surface area contributed by atoms with E-state index in [0.29, 0.717) is 17.5 Å². The molecule has 0 aromatic heterocycles. The number of benzene rings is 2. The van der Waals surface area contributed by atoms with Crippen molar-refractivity contribution in [2.75, 3.05) is 0 Å². The molecule has 2 aromatic rings. The van der Waals surface area contributed by atoms with Gasteiger partial charge in [-0.3, -0.25) is 4.79 Å². The molecule has 0 radical (unpaired) electrons. The fourth-order valence-corrected chi connectivity index (χ4v) is 4.27. The Balaban J connectivity index is 1.95. The first-order chi connectivity index (χ1) is 9.59. The molecule has 0 bridgehead atoms. The number of hydrogen-bond donors (Lipinski definition) is 1. The molecule has 1 unspecified atom stereocenters. The maximum absolute atomic E-state index is 12.2. The van der Waals surface area contributed by atoms with Gasteiger partial charge >= 0.3 is 0 Å². The van der Waals surface area contributed by atoms with Gasteiger partial charge in [-0.05, 0) is 59.2 Å². The van der Waals surface area contributed by atoms with E-state index in [2.05, 4.69) is 19.1 Å². The first kappa shape index (κ1) is 12.0. The van der Waals surface area contributed by atoms with Crippen molar-refractivity contribution in [2.45, 2.75) is 38.5 Å². The fourth-order valence-electron chi connectivity index (χ4n) is 4.27. The van der Waals surface area contributed by atoms with Crippen LogP contribution in [0.5, 0.6) is 5.75 Å². The summed E-state index contributed by atoms with van der Waals surface area (Å²) in [5.41, 5.74) is 2.61. The highest BCUT2D eigenvalue weighted by atomic mass is 16.3. The number of phenolic OH excluding ortho intramolecular Hbond substituents is 1. The number of ketones is 1. The molecule has 0 amide bonds. The lowest BCUT2D eigenvalue weighted by molar-refractivity contribution is -0.126. The van der Waals surface area contributed by atoms with Crippen molar-refractivity contribution in [1.29, 1.82) is 0 Å². The third-order valence-electron chi connectivity index (χ3n) is 5.49. The lowest BCUT2D eigenvalue weighted by Gasteiger charge is -2.37. The summed E-state index contributed by atoms with van der Waals surface area (Å²) in [4.78, 5) is 12.2. The first-order valence-electron chi connectivity index (χ1n) is 7.37. The van der Waals surface area contributed by atoms with Crippen LogP contribution in [0.25, 0.3) is 10.8 Å². The van der Waals surface area contributed by atoms with Crippen LogP contribution < -0.4 is 0 Å². The summed E-state index contributed by atoms with van der Waals surface area (Å²) < 4.78 is 0. The normalized spacial score (nSPS) is 28.4. The maximum Gasteiger partial charge on any atom is 0.139 e. The molecule has 0 saturated heterocycles. The Morgan fingerprint density at radius 3 is 2.90 bits per heavy atom. The number of Topliss-reactive ketones (excluding diaryl/α,β-unsaturated/α-hetero) is 1. The predicted molar refractivity (Wildman–Crippen MR) is 79.0 cm³/mol. The van der Waals surface area contributed by atoms with Crippen LogP contribution in [0, 0.1) is 5.41 Å². The lowest BCUT2D eigenvalue weighted by Crippen LogP contribution is -2.32. The van der Waals surface area contributed by atoms with E-state index < -0.39 is 0 Å². The van der Waals surface area contributed by atoms with E-state index in [1.54, 1.807) is 6.07 Å². The van der Waals surface area contributed by atoms with Crippen LogP contribution in [0.2, 0.25) is 0 Å². The molecule has 102 valence electrons. The molecular formula is C18H18O2. The Morgan fingerprint density at radius 1 is 1.20 bits per heavy atom. The number of carbonyl (C=O) groups excluding carboxylic acids is 1. The molecular weight excluding hydrogens is 248 g/mol. The first-order valence-corrected chi connectivity index (χ1v) is 7.37. The summed E-state index contributed by atoms with van der Waals surface area (Å²) in [7, 11) is 0. The zero-order chi connectivity index (χ0) is 13.9. The van der Waals surface area contributed by atoms with Crippen LogP contribution in [-0.2, 0) is 11.2 Å². The molecule has 0 aliphatic heterocycles. The minimum atomic E-state index is -0.141. The van der Waals surface area contributed by atoms with Crippen molar-refractivity contribution in [3.8, 4) is 5.75 Å². The van der Waals surface area contributed by atoms with Gasteiger partial charge in [-0.1, -0.05) is 25.1 Å². The summed E-state index contributed by atoms with van der Waals surface area (Å²) in [5.74, 6) is 1.14. The van der Waals surface area contributed by atoms with Gasteiger partial charge in [-0.2, -0.15) is 0 Å². The van der Waals surface area contributed by atoms with Crippen molar-refractivity contribution in [1.82, 2.24) is 0 Å². The van der Waals surface area contributed by atoms with Gasteiger partial charge in [0.15, 0.2) is 0 Å². The summed E-state index contributed by atoms with van der Waals surface area (Å²) in [6.45, 7) is 2.15. The van der Waals surface area contributed by atoms with E-state index in [0.717, 1.165) is 31.1 Å². The largest absolute Gasteiger partial charge is 0.508 e. The van der Waals surface area contributed by atoms with Gasteiger partial charge in [0, 0.05) is 11.8 Å². The zero-order valence-electron chi connectivity index (χ0n) is 11.6. The minimum absolute atomic E-state index is 0.141. The molecule has 1 fully saturated rings. The van der Waals surface area contributed by atoms with Gasteiger partial charge < -0.3 is 5.11 Å². The van der Waals surface area contributed by atoms with Gasteiger partial charge in [0.25, 0.3) is 0 Å². The molecule has 1 saturated carbocycles. The van der Waals surface area contributed by atoms with Gasteiger partial charge in [0.05, 0.1) is 0 Å². The number of carbonyl (C=O) groups is 1. The van der Waals surface area contributed by atoms with Crippen LogP contribution in [0.15, 0.2) is 30.3 Å². The molecule has 20 heavy (non-hydrogen) atoms. The SMILES string of the molecule is CC12CCc3c(ccc4cc(O)ccc34)[C@@H]1CCC2=O. The van der Waals surface area contributed by atoms with Gasteiger partial charge in [-0.25, -0.2) is 0 Å². The molecule has 2 aliphatic carbocycles. The summed E-state index contributed by atoms with van der Waals surface area (Å²) in [6.07, 6.45) is 3.65. The molecule has 1 N–H and O–H groups in total. The number of phenols is 1. The van der Waals surface area contributed by atoms with E-state index in [-0.39, 0.29) is 5.41 Å². The average Bonchev–Trinajstić information content (AvgIpc) is 2.74. The van der Waals surface area contributed by atoms with Crippen LogP contribution in [-0.4, -0.2) is 10.9 Å². The highest BCUT2D eigenvalue weighted by molar-refractivity contribution is 5.92. The second-order valence-corrected chi connectivity index (χ2v) is 6.47. The van der Waals surface area contributed by atoms with Crippen LogP contribution in [0.1, 0.15) is 43.2 Å². The van der Waals surface area contributed by atoms with E-state index in [1.807, 2.05) is 12.1 Å². The molecule has 4 rings (SSSR count). The Labute approximate surface area is 118 Å². The third-order valence-corrected chi connectivity index (χ3v) is 5.49. The Hall–Kier alpha value is -1.83. The topological polar surface area (TPSA) is 37.3 Å². The molecule has 2 heteroatoms. The molecule has 0 spiro atoms. The van der Waals surface area contributed by atoms with E-state index >= 15 is 0 Å². The van der Waals surface area contributed by atoms with Crippen LogP contribution >= 0.6 is 0 Å². The highest BCUT2D eigenvalue weighted by Crippen LogP contribution is 2.54. The van der Waals surface area contributed by atoms with E-state index in [9.17, 15) is 9.90 Å². The number of rotatable bonds is 0. The van der Waals surface area contributed by atoms with Gasteiger partial charge in [-0.15, -0.1) is 0 Å². The maximum atomic E-state index is 12.2. The standard InChI is InChI=1S/C18H18O2/c1-18-9-8-14-13-5-3-12(19)10-11(13)2-4-15(14)16(18)6-7-17(18)20/h2-5,10,16,19H,6-9H2,1H3/t16-,18?/m0/s1. The van der Waals surface area contributed by atoms with Crippen molar-refractivity contribution in [3.63, 3.8) is 0 Å². The van der Waals surface area contributed by atoms with Crippen molar-refractivity contribution < 1.29 is 9.90 Å². The quantitative estimate of drug-likeness (QED) is 0.784. The highest BCUT2D eigenvalue weighted by Gasteiger charge is 2.49. The van der Waals surface area contributed by atoms with Crippen molar-refractivity contribution >= 4 is 16.6 Å².